The van der Waals surface area contributed by atoms with Crippen LogP contribution in [0.2, 0.25) is 25.1 Å². The average Bonchev–Trinajstić information content (AvgIpc) is 4.10. The third-order valence-corrected chi connectivity index (χ3v) is 21.7. The lowest BCUT2D eigenvalue weighted by Gasteiger charge is -2.55. The summed E-state index contributed by atoms with van der Waals surface area (Å²) in [7, 11) is 0. The Labute approximate surface area is 524 Å². The highest BCUT2D eigenvalue weighted by Crippen LogP contribution is 2.59. The van der Waals surface area contributed by atoms with E-state index in [9.17, 15) is 0 Å². The average molecular weight is 1200 g/mol. The minimum Gasteiger partial charge on any atom is -0.0843 e. The quantitative estimate of drug-likeness (QED) is 0.165. The van der Waals surface area contributed by atoms with Crippen molar-refractivity contribution in [3.63, 3.8) is 0 Å². The van der Waals surface area contributed by atoms with E-state index in [0.717, 1.165) is 48.3 Å². The number of hydrogen-bond donors (Lipinski definition) is 0. The lowest BCUT2D eigenvalue weighted by atomic mass is 9.50. The smallest absolute Gasteiger partial charge is 0.0406 e. The van der Waals surface area contributed by atoms with Crippen molar-refractivity contribution in [2.75, 3.05) is 0 Å². The van der Waals surface area contributed by atoms with E-state index in [0.29, 0.717) is 21.7 Å². The molecule has 8 fully saturated rings. The summed E-state index contributed by atoms with van der Waals surface area (Å²) in [6, 6.07) is 45.7. The molecular weight excluding hydrogens is 1100 g/mol. The number of aryl methyl sites for hydroxylation is 3. The molecule has 0 nitrogen and oxygen atoms in total. The van der Waals surface area contributed by atoms with Gasteiger partial charge in [0, 0.05) is 25.1 Å². The predicted octanol–water partition coefficient (Wildman–Crippen LogP) is 25.7. The molecule has 0 aliphatic heterocycles. The first kappa shape index (κ1) is 66.3. The molecule has 14 rings (SSSR count). The largest absolute Gasteiger partial charge is 0.0843 e. The van der Waals surface area contributed by atoms with Crippen LogP contribution in [0, 0.1) is 50.9 Å². The van der Waals surface area contributed by atoms with Crippen LogP contribution in [-0.4, -0.2) is 0 Å². The highest BCUT2D eigenvalue weighted by atomic mass is 35.5. The molecule has 0 radical (unpaired) electrons. The second-order valence-electron chi connectivity index (χ2n) is 28.9. The third kappa shape index (κ3) is 19.1. The zero-order chi connectivity index (χ0) is 59.5. The number of hydrogen-bond acceptors (Lipinski definition) is 0. The molecule has 5 heteroatoms. The second-order valence-corrected chi connectivity index (χ2v) is 31.1. The minimum absolute atomic E-state index is 0.227. The van der Waals surface area contributed by atoms with Crippen LogP contribution in [0.4, 0.5) is 0 Å². The van der Waals surface area contributed by atoms with Gasteiger partial charge < -0.3 is 0 Å². The van der Waals surface area contributed by atoms with E-state index in [2.05, 4.69) is 156 Å². The Morgan fingerprint density at radius 2 is 0.598 bits per heavy atom. The van der Waals surface area contributed by atoms with Gasteiger partial charge in [0.2, 0.25) is 0 Å². The van der Waals surface area contributed by atoms with E-state index in [1.54, 1.807) is 38.5 Å². The van der Waals surface area contributed by atoms with Crippen LogP contribution >= 0.6 is 58.0 Å². The fraction of sp³-hybridized carbons (Fsp3) is 0.532. The van der Waals surface area contributed by atoms with Gasteiger partial charge in [-0.25, -0.2) is 0 Å². The standard InChI is InChI=1S/C13H17Cl.C12H15Cl.C11H13Cl.C11H18.C10H11Cl.C10H13Cl.C10H14/c1-13(9-3-2-4-10-13)11-5-7-12(14)8-6-11;1-12(8-2-3-9-12)10-4-6-11(13)7-5-10;1-11(7-2-8-11)9-3-5-10(12)6-4-9;1-11-5-8-2-9(6-11)4-10(3-8)7-11;1-10(6-7-10)8-2-4-9(11)5-3-8;1-10(2,3)8-4-6-9(11)7-5-8;1-7-5-8(2)10(4)9(3)6-7/h5-8H,2-4,9-10H2,1H3;4-7H,2-3,8-9H2,1H3;3-6H,2,7-8H2,1H3;8-10H,2-7H2,1H3;2-5H,6-7H2,1H3;4-7H,1-3H3;5-6H,1-4H3. The molecule has 0 spiro atoms. The van der Waals surface area contributed by atoms with Gasteiger partial charge in [-0.2, -0.15) is 0 Å². The lowest BCUT2D eigenvalue weighted by Crippen LogP contribution is -2.44. The van der Waals surface area contributed by atoms with E-state index >= 15 is 0 Å². The van der Waals surface area contributed by atoms with E-state index in [1.165, 1.54) is 140 Å². The monoisotopic (exact) mass is 1200 g/mol. The molecule has 82 heavy (non-hydrogen) atoms. The summed E-state index contributed by atoms with van der Waals surface area (Å²) >= 11 is 29.1. The Balaban J connectivity index is 0.000000138. The van der Waals surface area contributed by atoms with Crippen molar-refractivity contribution in [2.45, 2.75) is 239 Å². The van der Waals surface area contributed by atoms with Crippen molar-refractivity contribution in [3.8, 4) is 0 Å². The number of rotatable bonds is 4. The molecule has 444 valence electrons. The van der Waals surface area contributed by atoms with Gasteiger partial charge >= 0.3 is 0 Å². The summed E-state index contributed by atoms with van der Waals surface area (Å²) in [6.45, 7) is 27.1. The van der Waals surface area contributed by atoms with Crippen LogP contribution < -0.4 is 0 Å². The van der Waals surface area contributed by atoms with Gasteiger partial charge in [0.25, 0.3) is 0 Å². The van der Waals surface area contributed by atoms with Crippen LogP contribution in [0.25, 0.3) is 0 Å². The molecule has 0 atom stereocenters. The molecular formula is C77H101Cl5. The third-order valence-electron chi connectivity index (χ3n) is 20.4. The predicted molar refractivity (Wildman–Crippen MR) is 362 cm³/mol. The molecule has 0 aromatic heterocycles. The van der Waals surface area contributed by atoms with Crippen molar-refractivity contribution in [2.24, 2.45) is 23.2 Å². The maximum absolute atomic E-state index is 5.90. The van der Waals surface area contributed by atoms with Crippen molar-refractivity contribution in [3.05, 3.63) is 209 Å². The van der Waals surface area contributed by atoms with Gasteiger partial charge in [0.05, 0.1) is 0 Å². The lowest BCUT2D eigenvalue weighted by molar-refractivity contribution is -0.0411. The summed E-state index contributed by atoms with van der Waals surface area (Å²) in [5.41, 5.74) is 15.5. The molecule has 0 amide bonds. The zero-order valence-electron chi connectivity index (χ0n) is 52.5. The molecule has 8 aliphatic rings. The maximum Gasteiger partial charge on any atom is 0.0406 e. The SMILES string of the molecule is CC(C)(C)c1ccc(Cl)cc1.CC1(c2ccc(Cl)cc2)CC1.CC1(c2ccc(Cl)cc2)CCC1.CC1(c2ccc(Cl)cc2)CCCC1.CC1(c2ccc(Cl)cc2)CCCCC1.CC12CC3CC(CC(C3)C1)C2.Cc1cc(C)c(C)c(C)c1. The summed E-state index contributed by atoms with van der Waals surface area (Å²) in [5.74, 6) is 3.43. The Morgan fingerprint density at radius 3 is 0.841 bits per heavy atom. The highest BCUT2D eigenvalue weighted by molar-refractivity contribution is 6.31. The Kier molecular flexibility index (Phi) is 23.4. The first-order valence-electron chi connectivity index (χ1n) is 31.5. The molecule has 8 saturated carbocycles. The van der Waals surface area contributed by atoms with Gasteiger partial charge in [-0.1, -0.05) is 230 Å². The second kappa shape index (κ2) is 29.0. The minimum atomic E-state index is 0.227. The highest BCUT2D eigenvalue weighted by Gasteiger charge is 2.48. The Bertz CT molecular complexity index is 2780. The zero-order valence-corrected chi connectivity index (χ0v) is 56.2. The molecule has 4 bridgehead atoms. The molecule has 0 N–H and O–H groups in total. The van der Waals surface area contributed by atoms with Crippen molar-refractivity contribution in [1.29, 1.82) is 0 Å². The summed E-state index contributed by atoms with van der Waals surface area (Å²) in [6.07, 6.45) is 28.4. The number of benzene rings is 6. The van der Waals surface area contributed by atoms with Crippen LogP contribution in [0.5, 0.6) is 0 Å². The van der Waals surface area contributed by atoms with E-state index < -0.39 is 0 Å². The van der Waals surface area contributed by atoms with E-state index in [1.807, 2.05) is 60.7 Å². The topological polar surface area (TPSA) is 0 Å². The Morgan fingerprint density at radius 1 is 0.341 bits per heavy atom. The summed E-state index contributed by atoms with van der Waals surface area (Å²) in [5, 5.41) is 4.15. The van der Waals surface area contributed by atoms with Crippen molar-refractivity contribution in [1.82, 2.24) is 0 Å². The van der Waals surface area contributed by atoms with E-state index in [-0.39, 0.29) is 5.41 Å². The van der Waals surface area contributed by atoms with Gasteiger partial charge in [0.15, 0.2) is 0 Å². The molecule has 8 aliphatic carbocycles. The molecule has 0 heterocycles. The molecule has 6 aromatic carbocycles. The van der Waals surface area contributed by atoms with Gasteiger partial charge in [-0.3, -0.25) is 0 Å². The van der Waals surface area contributed by atoms with Gasteiger partial charge in [-0.05, 0) is 273 Å². The molecule has 6 aromatic rings. The van der Waals surface area contributed by atoms with Crippen molar-refractivity contribution >= 4 is 58.0 Å². The molecule has 0 unspecified atom stereocenters. The van der Waals surface area contributed by atoms with Crippen LogP contribution in [0.1, 0.15) is 234 Å². The van der Waals surface area contributed by atoms with Crippen molar-refractivity contribution < 1.29 is 0 Å². The fourth-order valence-electron chi connectivity index (χ4n) is 14.7. The first-order valence-corrected chi connectivity index (χ1v) is 33.4. The van der Waals surface area contributed by atoms with Crippen LogP contribution in [-0.2, 0) is 27.1 Å². The van der Waals surface area contributed by atoms with E-state index in [4.69, 9.17) is 58.0 Å². The van der Waals surface area contributed by atoms with Gasteiger partial charge in [0.1, 0.15) is 0 Å². The van der Waals surface area contributed by atoms with Gasteiger partial charge in [-0.15, -0.1) is 0 Å². The molecule has 0 saturated heterocycles. The fourth-order valence-corrected chi connectivity index (χ4v) is 15.3. The number of halogens is 5. The maximum atomic E-state index is 5.90. The van der Waals surface area contributed by atoms with Crippen LogP contribution in [0.3, 0.4) is 0 Å². The van der Waals surface area contributed by atoms with Crippen LogP contribution in [0.15, 0.2) is 133 Å². The first-order chi connectivity index (χ1) is 38.7. The summed E-state index contributed by atoms with van der Waals surface area (Å²) < 4.78 is 0. The normalized spacial score (nSPS) is 23.3. The summed E-state index contributed by atoms with van der Waals surface area (Å²) in [4.78, 5) is 0. The Hall–Kier alpha value is -3.23.